The minimum absolute atomic E-state index is 0.0758. The van der Waals surface area contributed by atoms with Crippen LogP contribution in [0.4, 0.5) is 0 Å². The fraction of sp³-hybridized carbons (Fsp3) is 0.222. The molecule has 1 heterocycles. The molecule has 56 valence electrons. The zero-order valence-electron chi connectivity index (χ0n) is 6.29. The Kier molecular flexibility index (Phi) is 1.22. The van der Waals surface area contributed by atoms with E-state index in [1.807, 2.05) is 12.3 Å². The van der Waals surface area contributed by atoms with Crippen molar-refractivity contribution in [2.75, 3.05) is 0 Å². The van der Waals surface area contributed by atoms with Crippen LogP contribution in [0.1, 0.15) is 6.92 Å². The molecule has 0 aromatic carbocycles. The molecule has 2 aliphatic rings. The molecule has 0 unspecified atom stereocenters. The molecule has 1 aliphatic heterocycles. The van der Waals surface area contributed by atoms with Gasteiger partial charge in [0.1, 0.15) is 0 Å². The SMILES string of the molecule is CC1=CNC2=CC(=O)C=C[C@@H]12. The van der Waals surface area contributed by atoms with E-state index in [9.17, 15) is 4.79 Å². The van der Waals surface area contributed by atoms with Gasteiger partial charge in [0.2, 0.25) is 0 Å². The number of hydrogen-bond donors (Lipinski definition) is 1. The van der Waals surface area contributed by atoms with Gasteiger partial charge in [-0.15, -0.1) is 0 Å². The summed E-state index contributed by atoms with van der Waals surface area (Å²) < 4.78 is 0. The van der Waals surface area contributed by atoms with Crippen LogP contribution in [0.2, 0.25) is 0 Å². The van der Waals surface area contributed by atoms with Gasteiger partial charge in [-0.25, -0.2) is 0 Å². The largest absolute Gasteiger partial charge is 0.364 e. The molecule has 0 amide bonds. The van der Waals surface area contributed by atoms with Gasteiger partial charge in [-0.05, 0) is 18.6 Å². The van der Waals surface area contributed by atoms with E-state index in [1.54, 1.807) is 12.2 Å². The van der Waals surface area contributed by atoms with Crippen molar-refractivity contribution >= 4 is 5.78 Å². The number of carbonyl (C=O) groups is 1. The standard InChI is InChI=1S/C9H9NO/c1-6-5-10-9-4-7(11)2-3-8(6)9/h2-5,8,10H,1H3/t8-/m0/s1. The summed E-state index contributed by atoms with van der Waals surface area (Å²) in [6, 6.07) is 0. The third-order valence-electron chi connectivity index (χ3n) is 2.04. The van der Waals surface area contributed by atoms with Crippen molar-refractivity contribution in [3.63, 3.8) is 0 Å². The van der Waals surface area contributed by atoms with Crippen LogP contribution < -0.4 is 5.32 Å². The van der Waals surface area contributed by atoms with Gasteiger partial charge in [-0.2, -0.15) is 0 Å². The first-order valence-corrected chi connectivity index (χ1v) is 3.64. The highest BCUT2D eigenvalue weighted by Gasteiger charge is 2.21. The molecule has 2 nitrogen and oxygen atoms in total. The van der Waals surface area contributed by atoms with Gasteiger partial charge in [-0.3, -0.25) is 4.79 Å². The van der Waals surface area contributed by atoms with Crippen LogP contribution in [-0.2, 0) is 4.79 Å². The molecule has 0 spiro atoms. The lowest BCUT2D eigenvalue weighted by atomic mass is 9.95. The van der Waals surface area contributed by atoms with Gasteiger partial charge < -0.3 is 5.32 Å². The molecule has 0 bridgehead atoms. The summed E-state index contributed by atoms with van der Waals surface area (Å²) in [5.41, 5.74) is 2.27. The normalized spacial score (nSPS) is 27.4. The lowest BCUT2D eigenvalue weighted by Gasteiger charge is -2.11. The van der Waals surface area contributed by atoms with Crippen molar-refractivity contribution < 1.29 is 4.79 Å². The van der Waals surface area contributed by atoms with Crippen molar-refractivity contribution in [2.24, 2.45) is 5.92 Å². The van der Waals surface area contributed by atoms with Crippen LogP contribution >= 0.6 is 0 Å². The maximum absolute atomic E-state index is 10.9. The van der Waals surface area contributed by atoms with Crippen LogP contribution in [0.5, 0.6) is 0 Å². The lowest BCUT2D eigenvalue weighted by Crippen LogP contribution is -2.11. The fourth-order valence-corrected chi connectivity index (χ4v) is 1.40. The van der Waals surface area contributed by atoms with E-state index in [-0.39, 0.29) is 5.78 Å². The highest BCUT2D eigenvalue weighted by molar-refractivity contribution is 6.01. The molecule has 0 saturated heterocycles. The van der Waals surface area contributed by atoms with E-state index in [0.717, 1.165) is 5.70 Å². The van der Waals surface area contributed by atoms with Gasteiger partial charge in [-0.1, -0.05) is 6.08 Å². The Labute approximate surface area is 65.3 Å². The molecular formula is C9H9NO. The molecule has 11 heavy (non-hydrogen) atoms. The molecule has 0 saturated carbocycles. The summed E-state index contributed by atoms with van der Waals surface area (Å²) in [5, 5.41) is 3.07. The number of ketones is 1. The molecule has 2 rings (SSSR count). The van der Waals surface area contributed by atoms with Crippen molar-refractivity contribution in [1.29, 1.82) is 0 Å². The molecule has 1 N–H and O–H groups in total. The van der Waals surface area contributed by atoms with E-state index in [0.29, 0.717) is 5.92 Å². The number of nitrogens with one attached hydrogen (secondary N) is 1. The number of allylic oxidation sites excluding steroid dienone is 3. The molecule has 0 aromatic rings. The average molecular weight is 147 g/mol. The third-order valence-corrected chi connectivity index (χ3v) is 2.04. The molecule has 1 atom stereocenters. The fourth-order valence-electron chi connectivity index (χ4n) is 1.40. The van der Waals surface area contributed by atoms with Crippen LogP contribution in [-0.4, -0.2) is 5.78 Å². The van der Waals surface area contributed by atoms with Crippen LogP contribution in [0.25, 0.3) is 0 Å². The number of fused-ring (bicyclic) bond motifs is 1. The molecule has 2 heteroatoms. The number of rotatable bonds is 0. The van der Waals surface area contributed by atoms with Gasteiger partial charge in [0.25, 0.3) is 0 Å². The summed E-state index contributed by atoms with van der Waals surface area (Å²) in [4.78, 5) is 10.9. The van der Waals surface area contributed by atoms with Gasteiger partial charge in [0.15, 0.2) is 5.78 Å². The average Bonchev–Trinajstić information content (AvgIpc) is 2.32. The Morgan fingerprint density at radius 1 is 1.55 bits per heavy atom. The predicted molar refractivity (Wildman–Crippen MR) is 42.6 cm³/mol. The predicted octanol–water partition coefficient (Wildman–Crippen LogP) is 1.13. The summed E-state index contributed by atoms with van der Waals surface area (Å²) >= 11 is 0. The van der Waals surface area contributed by atoms with Crippen molar-refractivity contribution in [3.05, 3.63) is 35.7 Å². The zero-order chi connectivity index (χ0) is 7.84. The van der Waals surface area contributed by atoms with Gasteiger partial charge >= 0.3 is 0 Å². The molecule has 0 fully saturated rings. The highest BCUT2D eigenvalue weighted by atomic mass is 16.1. The van der Waals surface area contributed by atoms with Crippen molar-refractivity contribution in [3.8, 4) is 0 Å². The first kappa shape index (κ1) is 6.40. The second-order valence-corrected chi connectivity index (χ2v) is 2.87. The second kappa shape index (κ2) is 2.09. The number of hydrogen-bond acceptors (Lipinski definition) is 2. The van der Waals surface area contributed by atoms with Crippen molar-refractivity contribution in [2.45, 2.75) is 6.92 Å². The topological polar surface area (TPSA) is 29.1 Å². The monoisotopic (exact) mass is 147 g/mol. The summed E-state index contributed by atoms with van der Waals surface area (Å²) in [5.74, 6) is 0.402. The Bertz CT molecular complexity index is 297. The summed E-state index contributed by atoms with van der Waals surface area (Å²) in [7, 11) is 0. The van der Waals surface area contributed by atoms with E-state index in [1.165, 1.54) is 5.57 Å². The van der Waals surface area contributed by atoms with Crippen LogP contribution in [0.15, 0.2) is 35.7 Å². The maximum atomic E-state index is 10.9. The Hall–Kier alpha value is -1.31. The van der Waals surface area contributed by atoms with Gasteiger partial charge in [0, 0.05) is 23.9 Å². The number of carbonyl (C=O) groups excluding carboxylic acids is 1. The second-order valence-electron chi connectivity index (χ2n) is 2.87. The van der Waals surface area contributed by atoms with Crippen LogP contribution in [0, 0.1) is 5.92 Å². The van der Waals surface area contributed by atoms with Crippen molar-refractivity contribution in [1.82, 2.24) is 5.32 Å². The first-order chi connectivity index (χ1) is 5.27. The van der Waals surface area contributed by atoms with E-state index >= 15 is 0 Å². The maximum Gasteiger partial charge on any atom is 0.180 e. The smallest absolute Gasteiger partial charge is 0.180 e. The molecule has 0 radical (unpaired) electrons. The molecular weight excluding hydrogens is 138 g/mol. The van der Waals surface area contributed by atoms with E-state index in [2.05, 4.69) is 12.2 Å². The third kappa shape index (κ3) is 0.909. The van der Waals surface area contributed by atoms with E-state index < -0.39 is 0 Å². The minimum Gasteiger partial charge on any atom is -0.364 e. The Balaban J connectivity index is 2.36. The quantitative estimate of drug-likeness (QED) is 0.556. The summed E-state index contributed by atoms with van der Waals surface area (Å²) in [6.07, 6.45) is 7.15. The Morgan fingerprint density at radius 2 is 2.36 bits per heavy atom. The lowest BCUT2D eigenvalue weighted by molar-refractivity contribution is -0.110. The minimum atomic E-state index is 0.0758. The first-order valence-electron chi connectivity index (χ1n) is 3.64. The van der Waals surface area contributed by atoms with Crippen LogP contribution in [0.3, 0.4) is 0 Å². The zero-order valence-corrected chi connectivity index (χ0v) is 6.29. The van der Waals surface area contributed by atoms with Gasteiger partial charge in [0.05, 0.1) is 0 Å². The molecule has 1 aliphatic carbocycles. The summed E-state index contributed by atoms with van der Waals surface area (Å²) in [6.45, 7) is 2.05. The van der Waals surface area contributed by atoms with E-state index in [4.69, 9.17) is 0 Å². The Morgan fingerprint density at radius 3 is 3.18 bits per heavy atom. The molecule has 0 aromatic heterocycles. The highest BCUT2D eigenvalue weighted by Crippen LogP contribution is 2.27.